The molecule has 1 atom stereocenters. The Bertz CT molecular complexity index is 656. The molecule has 21 heavy (non-hydrogen) atoms. The van der Waals surface area contributed by atoms with Gasteiger partial charge >= 0.3 is 5.97 Å². The molecule has 0 fully saturated rings. The highest BCUT2D eigenvalue weighted by Gasteiger charge is 2.16. The van der Waals surface area contributed by atoms with Crippen LogP contribution in [0.25, 0.3) is 0 Å². The second-order valence-electron chi connectivity index (χ2n) is 4.53. The summed E-state index contributed by atoms with van der Waals surface area (Å²) >= 11 is 3.30. The van der Waals surface area contributed by atoms with E-state index in [-0.39, 0.29) is 5.75 Å². The molecule has 0 spiro atoms. The maximum Gasteiger partial charge on any atom is 0.328 e. The lowest BCUT2D eigenvalue weighted by atomic mass is 10.1. The number of halogens is 1. The van der Waals surface area contributed by atoms with Crippen molar-refractivity contribution in [1.29, 1.82) is 0 Å². The van der Waals surface area contributed by atoms with Gasteiger partial charge in [-0.15, -0.1) is 0 Å². The molecular weight excluding hydrogens is 334 g/mol. The summed E-state index contributed by atoms with van der Waals surface area (Å²) < 4.78 is 0.789. The number of carboxylic acid groups (broad SMARTS) is 1. The van der Waals surface area contributed by atoms with Gasteiger partial charge in [0.05, 0.1) is 0 Å². The maximum atomic E-state index is 11.3. The molecular formula is C16H14BrNO3. The van der Waals surface area contributed by atoms with Gasteiger partial charge in [0.2, 0.25) is 0 Å². The first-order valence-electron chi connectivity index (χ1n) is 6.34. The maximum absolute atomic E-state index is 11.3. The lowest BCUT2D eigenvalue weighted by Gasteiger charge is -2.08. The van der Waals surface area contributed by atoms with E-state index in [0.717, 1.165) is 10.0 Å². The van der Waals surface area contributed by atoms with Gasteiger partial charge in [0.15, 0.2) is 6.04 Å². The van der Waals surface area contributed by atoms with E-state index in [1.807, 2.05) is 30.3 Å². The second kappa shape index (κ2) is 7.04. The molecule has 0 aliphatic carbocycles. The molecule has 2 aromatic carbocycles. The molecule has 2 rings (SSSR count). The molecule has 0 saturated heterocycles. The van der Waals surface area contributed by atoms with Crippen LogP contribution in [0.5, 0.6) is 5.75 Å². The molecule has 2 aromatic rings. The number of hydrogen-bond donors (Lipinski definition) is 2. The number of hydrogen-bond acceptors (Lipinski definition) is 3. The molecule has 108 valence electrons. The SMILES string of the molecule is O=C(O)C(Cc1ccccc1)N=Cc1cc(Br)ccc1O. The molecule has 0 bridgehead atoms. The Morgan fingerprint density at radius 3 is 2.62 bits per heavy atom. The molecule has 0 aromatic heterocycles. The standard InChI is InChI=1S/C16H14BrNO3/c17-13-6-7-15(19)12(9-13)10-18-14(16(20)21)8-11-4-2-1-3-5-11/h1-7,9-10,14,19H,8H2,(H,20,21). The Morgan fingerprint density at radius 2 is 1.95 bits per heavy atom. The highest BCUT2D eigenvalue weighted by molar-refractivity contribution is 9.10. The first-order valence-corrected chi connectivity index (χ1v) is 7.14. The van der Waals surface area contributed by atoms with E-state index in [0.29, 0.717) is 12.0 Å². The summed E-state index contributed by atoms with van der Waals surface area (Å²) in [6, 6.07) is 13.3. The fraction of sp³-hybridized carbons (Fsp3) is 0.125. The molecule has 0 saturated carbocycles. The van der Waals surface area contributed by atoms with Crippen LogP contribution in [0.1, 0.15) is 11.1 Å². The van der Waals surface area contributed by atoms with Gasteiger partial charge in [-0.05, 0) is 23.8 Å². The Labute approximate surface area is 130 Å². The average Bonchev–Trinajstić information content (AvgIpc) is 2.47. The predicted molar refractivity (Wildman–Crippen MR) is 85.0 cm³/mol. The number of phenols is 1. The zero-order valence-corrected chi connectivity index (χ0v) is 12.7. The highest BCUT2D eigenvalue weighted by Crippen LogP contribution is 2.20. The van der Waals surface area contributed by atoms with Gasteiger partial charge in [0.25, 0.3) is 0 Å². The quantitative estimate of drug-likeness (QED) is 0.815. The number of benzene rings is 2. The normalized spacial score (nSPS) is 12.4. The van der Waals surface area contributed by atoms with Crippen molar-refractivity contribution in [3.05, 3.63) is 64.1 Å². The number of rotatable bonds is 5. The van der Waals surface area contributed by atoms with Crippen molar-refractivity contribution >= 4 is 28.1 Å². The fourth-order valence-corrected chi connectivity index (χ4v) is 2.22. The average molecular weight is 348 g/mol. The van der Waals surface area contributed by atoms with E-state index in [4.69, 9.17) is 0 Å². The van der Waals surface area contributed by atoms with E-state index in [2.05, 4.69) is 20.9 Å². The summed E-state index contributed by atoms with van der Waals surface area (Å²) in [5.74, 6) is -0.935. The second-order valence-corrected chi connectivity index (χ2v) is 5.44. The molecule has 0 aliphatic rings. The van der Waals surface area contributed by atoms with Crippen molar-refractivity contribution < 1.29 is 15.0 Å². The van der Waals surface area contributed by atoms with Crippen LogP contribution in [-0.2, 0) is 11.2 Å². The molecule has 4 nitrogen and oxygen atoms in total. The first-order chi connectivity index (χ1) is 10.1. The van der Waals surface area contributed by atoms with E-state index < -0.39 is 12.0 Å². The fourth-order valence-electron chi connectivity index (χ4n) is 1.84. The summed E-state index contributed by atoms with van der Waals surface area (Å²) in [5, 5.41) is 19.0. The van der Waals surface area contributed by atoms with Crippen LogP contribution in [-0.4, -0.2) is 28.4 Å². The predicted octanol–water partition coefficient (Wildman–Crippen LogP) is 3.27. The third-order valence-electron chi connectivity index (χ3n) is 2.94. The topological polar surface area (TPSA) is 69.9 Å². The van der Waals surface area contributed by atoms with Crippen LogP contribution < -0.4 is 0 Å². The summed E-state index contributed by atoms with van der Waals surface area (Å²) in [6.45, 7) is 0. The van der Waals surface area contributed by atoms with E-state index >= 15 is 0 Å². The molecule has 0 heterocycles. The number of carbonyl (C=O) groups is 1. The monoisotopic (exact) mass is 347 g/mol. The van der Waals surface area contributed by atoms with Gasteiger partial charge in [-0.25, -0.2) is 4.79 Å². The summed E-state index contributed by atoms with van der Waals surface area (Å²) in [4.78, 5) is 15.4. The lowest BCUT2D eigenvalue weighted by molar-refractivity contribution is -0.138. The summed E-state index contributed by atoms with van der Waals surface area (Å²) in [7, 11) is 0. The van der Waals surface area contributed by atoms with Gasteiger partial charge in [-0.3, -0.25) is 4.99 Å². The Hall–Kier alpha value is -2.14. The third-order valence-corrected chi connectivity index (χ3v) is 3.43. The van der Waals surface area contributed by atoms with Crippen molar-refractivity contribution in [2.24, 2.45) is 4.99 Å². The van der Waals surface area contributed by atoms with Crippen molar-refractivity contribution in [2.75, 3.05) is 0 Å². The van der Waals surface area contributed by atoms with Crippen molar-refractivity contribution in [3.8, 4) is 5.75 Å². The van der Waals surface area contributed by atoms with Crippen LogP contribution in [0.2, 0.25) is 0 Å². The first kappa shape index (κ1) is 15.3. The summed E-state index contributed by atoms with van der Waals surface area (Å²) in [6.07, 6.45) is 1.70. The minimum absolute atomic E-state index is 0.0609. The number of phenolic OH excluding ortho intramolecular Hbond substituents is 1. The van der Waals surface area contributed by atoms with Crippen LogP contribution >= 0.6 is 15.9 Å². The van der Waals surface area contributed by atoms with Gasteiger partial charge < -0.3 is 10.2 Å². The van der Waals surface area contributed by atoms with Crippen molar-refractivity contribution in [3.63, 3.8) is 0 Å². The van der Waals surface area contributed by atoms with E-state index in [1.54, 1.807) is 12.1 Å². The molecule has 2 N–H and O–H groups in total. The van der Waals surface area contributed by atoms with Gasteiger partial charge in [-0.1, -0.05) is 46.3 Å². The minimum Gasteiger partial charge on any atom is -0.507 e. The Morgan fingerprint density at radius 1 is 1.24 bits per heavy atom. The summed E-state index contributed by atoms with van der Waals surface area (Å²) in [5.41, 5.74) is 1.38. The molecule has 1 unspecified atom stereocenters. The van der Waals surface area contributed by atoms with Crippen molar-refractivity contribution in [1.82, 2.24) is 0 Å². The van der Waals surface area contributed by atoms with Crippen LogP contribution in [0.15, 0.2) is 58.0 Å². The number of carboxylic acids is 1. The Kier molecular flexibility index (Phi) is 5.11. The number of aliphatic carboxylic acids is 1. The van der Waals surface area contributed by atoms with Crippen LogP contribution in [0.3, 0.4) is 0 Å². The van der Waals surface area contributed by atoms with Gasteiger partial charge in [0.1, 0.15) is 5.75 Å². The zero-order valence-electron chi connectivity index (χ0n) is 11.1. The molecule has 5 heteroatoms. The number of nitrogens with zero attached hydrogens (tertiary/aromatic N) is 1. The number of aromatic hydroxyl groups is 1. The van der Waals surface area contributed by atoms with Gasteiger partial charge in [-0.2, -0.15) is 0 Å². The molecule has 0 aliphatic heterocycles. The lowest BCUT2D eigenvalue weighted by Crippen LogP contribution is -2.20. The van der Waals surface area contributed by atoms with Crippen LogP contribution in [0, 0.1) is 0 Å². The van der Waals surface area contributed by atoms with Gasteiger partial charge in [0, 0.05) is 22.7 Å². The minimum atomic E-state index is -0.996. The Balaban J connectivity index is 2.18. The molecule has 0 amide bonds. The molecule has 0 radical (unpaired) electrons. The third kappa shape index (κ3) is 4.43. The van der Waals surface area contributed by atoms with Crippen LogP contribution in [0.4, 0.5) is 0 Å². The highest BCUT2D eigenvalue weighted by atomic mass is 79.9. The zero-order chi connectivity index (χ0) is 15.2. The number of aliphatic imine (C=N–C) groups is 1. The van der Waals surface area contributed by atoms with E-state index in [1.165, 1.54) is 12.3 Å². The smallest absolute Gasteiger partial charge is 0.328 e. The van der Waals surface area contributed by atoms with E-state index in [9.17, 15) is 15.0 Å². The van der Waals surface area contributed by atoms with Crippen molar-refractivity contribution in [2.45, 2.75) is 12.5 Å². The largest absolute Gasteiger partial charge is 0.507 e.